The van der Waals surface area contributed by atoms with E-state index in [4.69, 9.17) is 11.0 Å². The number of hydrogen-bond acceptors (Lipinski definition) is 2. The molecule has 0 radical (unpaired) electrons. The smallest absolute Gasteiger partial charge is 0.0645 e. The van der Waals surface area contributed by atoms with Crippen molar-refractivity contribution in [1.29, 1.82) is 0 Å². The molecule has 0 bridgehead atoms. The highest BCUT2D eigenvalue weighted by Crippen LogP contribution is 2.59. The maximum atomic E-state index is 9.35. The van der Waals surface area contributed by atoms with Gasteiger partial charge in [-0.3, -0.25) is 0 Å². The van der Waals surface area contributed by atoms with Crippen LogP contribution in [0.15, 0.2) is 182 Å². The lowest BCUT2D eigenvalue weighted by atomic mass is 9.81. The molecule has 0 aliphatic heterocycles. The molecule has 0 N–H and O–H groups in total. The summed E-state index contributed by atoms with van der Waals surface area (Å²) >= 11 is 0. The van der Waals surface area contributed by atoms with Gasteiger partial charge in [-0.05, 0) is 88.1 Å². The first-order valence-electron chi connectivity index (χ1n) is 25.5. The summed E-state index contributed by atoms with van der Waals surface area (Å²) in [6, 6.07) is 29.8. The summed E-state index contributed by atoms with van der Waals surface area (Å²) in [5.74, 6) is 0. The third kappa shape index (κ3) is 4.92. The summed E-state index contributed by atoms with van der Waals surface area (Å²) in [5, 5.41) is 4.11. The Morgan fingerprint density at radius 1 is 0.534 bits per heavy atom. The van der Waals surface area contributed by atoms with Crippen molar-refractivity contribution in [2.24, 2.45) is 0 Å². The average Bonchev–Trinajstić information content (AvgIpc) is 3.95. The van der Waals surface area contributed by atoms with E-state index in [0.717, 1.165) is 65.9 Å². The van der Waals surface area contributed by atoms with Crippen molar-refractivity contribution < 1.29 is 16.4 Å². The molecule has 0 spiro atoms. The van der Waals surface area contributed by atoms with Gasteiger partial charge in [0.1, 0.15) is 0 Å². The summed E-state index contributed by atoms with van der Waals surface area (Å²) < 4.78 is 109. The fourth-order valence-electron chi connectivity index (χ4n) is 9.30. The van der Waals surface area contributed by atoms with Crippen LogP contribution < -0.4 is 9.80 Å². The van der Waals surface area contributed by atoms with Crippen LogP contribution in [0.4, 0.5) is 34.1 Å². The van der Waals surface area contributed by atoms with Crippen molar-refractivity contribution >= 4 is 72.1 Å². The average molecular weight is 760 g/mol. The van der Waals surface area contributed by atoms with Crippen LogP contribution in [0.5, 0.6) is 0 Å². The molecule has 0 unspecified atom stereocenters. The molecule has 1 aliphatic carbocycles. The molecule has 0 amide bonds. The number of hydrogen-bond donors (Lipinski definition) is 0. The molecular weight excluding hydrogens is 703 g/mol. The zero-order valence-electron chi connectivity index (χ0n) is 44.7. The lowest BCUT2D eigenvalue weighted by Gasteiger charge is -2.27. The molecule has 0 fully saturated rings. The van der Waals surface area contributed by atoms with Crippen LogP contribution in [0.2, 0.25) is 0 Å². The second kappa shape index (κ2) is 12.6. The Bertz CT molecular complexity index is 3820. The molecule has 1 aliphatic rings. The van der Waals surface area contributed by atoms with Gasteiger partial charge in [0.2, 0.25) is 0 Å². The highest BCUT2D eigenvalue weighted by Gasteiger charge is 2.43. The van der Waals surface area contributed by atoms with Gasteiger partial charge in [0.15, 0.2) is 0 Å². The minimum Gasteiger partial charge on any atom is -0.311 e. The topological polar surface area (TPSA) is 10.9 Å². The van der Waals surface area contributed by atoms with Crippen LogP contribution in [0.25, 0.3) is 49.1 Å². The Morgan fingerprint density at radius 2 is 1.12 bits per heavy atom. The second-order valence-electron chi connectivity index (χ2n) is 16.5. The van der Waals surface area contributed by atoms with Gasteiger partial charge >= 0.3 is 0 Å². The van der Waals surface area contributed by atoms with Crippen LogP contribution in [-0.2, 0) is 10.8 Å². The molecule has 58 heavy (non-hydrogen) atoms. The third-order valence-corrected chi connectivity index (χ3v) is 11.8. The molecule has 11 rings (SSSR count). The number of anilines is 6. The Kier molecular flexibility index (Phi) is 5.22. The van der Waals surface area contributed by atoms with Crippen LogP contribution >= 0.6 is 0 Å². The third-order valence-electron chi connectivity index (χ3n) is 11.8. The quantitative estimate of drug-likeness (QED) is 0.167. The second-order valence-corrected chi connectivity index (χ2v) is 16.5. The zero-order chi connectivity index (χ0) is 49.8. The number of fused-ring (bicyclic) bond motifs is 10. The van der Waals surface area contributed by atoms with Gasteiger partial charge in [-0.25, -0.2) is 0 Å². The van der Waals surface area contributed by atoms with E-state index < -0.39 is 41.7 Å². The van der Waals surface area contributed by atoms with E-state index in [1.165, 1.54) is 0 Å². The maximum absolute atomic E-state index is 9.35. The first-order valence-corrected chi connectivity index (χ1v) is 19.5. The first-order chi connectivity index (χ1) is 33.1. The molecule has 2 heterocycles. The predicted molar refractivity (Wildman–Crippen MR) is 247 cm³/mol. The SMILES string of the molecule is [2H]c1ccc(N(c2c([2H])c([2H])c([2H])c([2H])c2[2H])c2cc3c(c4ccccc24)c2ccc(N(c4ccc([2H])cc4)c4c([2H])c([2H])c([2H])c([2H])c4[2H])c4c5c(n3c42)C(C)(C)c2ccc(C(C)(C)C)cc2-5)cc1. The standard InChI is InChI=1S/C55H45N3/c1-54(2,3)36-30-32-45-44(34-36)50-51-46(56(37-20-10-6-11-21-37)38-22-12-7-13-23-38)33-31-43-49-42-29-19-18-28-41(42)47(35-48(49)58(52(43)51)53(50)55(45,4)5)57(39-24-14-8-15-25-39)40-26-16-9-17-27-40/h6-35H,1-5H3/i6D,7D,8D,9D,10D,11D,14D,15D,20D,21D,24D,25D. The maximum Gasteiger partial charge on any atom is 0.0645 e. The molecule has 0 saturated carbocycles. The van der Waals surface area contributed by atoms with E-state index in [1.807, 2.05) is 42.5 Å². The van der Waals surface area contributed by atoms with E-state index >= 15 is 0 Å². The summed E-state index contributed by atoms with van der Waals surface area (Å²) in [7, 11) is 0. The van der Waals surface area contributed by atoms with Gasteiger partial charge < -0.3 is 14.2 Å². The van der Waals surface area contributed by atoms with Gasteiger partial charge in [0.25, 0.3) is 0 Å². The van der Waals surface area contributed by atoms with E-state index in [-0.39, 0.29) is 53.0 Å². The number of nitrogens with zero attached hydrogens (tertiary/aromatic N) is 3. The van der Waals surface area contributed by atoms with Crippen molar-refractivity contribution in [1.82, 2.24) is 4.40 Å². The monoisotopic (exact) mass is 759 g/mol. The minimum atomic E-state index is -0.646. The van der Waals surface area contributed by atoms with E-state index in [9.17, 15) is 5.48 Å². The number of aromatic nitrogens is 1. The van der Waals surface area contributed by atoms with Gasteiger partial charge in [-0.2, -0.15) is 0 Å². The van der Waals surface area contributed by atoms with Crippen molar-refractivity contribution in [2.45, 2.75) is 45.4 Å². The number of rotatable bonds is 6. The largest absolute Gasteiger partial charge is 0.311 e. The van der Waals surface area contributed by atoms with Crippen LogP contribution in [0, 0.1) is 0 Å². The molecule has 8 aromatic carbocycles. The van der Waals surface area contributed by atoms with Crippen molar-refractivity contribution in [3.63, 3.8) is 0 Å². The van der Waals surface area contributed by atoms with Crippen molar-refractivity contribution in [3.8, 4) is 11.1 Å². The Hall–Kier alpha value is -6.84. The summed E-state index contributed by atoms with van der Waals surface area (Å²) in [4.78, 5) is 3.42. The first kappa shape index (κ1) is 24.0. The van der Waals surface area contributed by atoms with Crippen LogP contribution in [0.3, 0.4) is 0 Å². The molecule has 2 aromatic heterocycles. The molecule has 0 atom stereocenters. The highest BCUT2D eigenvalue weighted by atomic mass is 15.2. The van der Waals surface area contributed by atoms with Crippen LogP contribution in [0.1, 0.15) is 67.9 Å². The van der Waals surface area contributed by atoms with Gasteiger partial charge in [-0.1, -0.05) is 156 Å². The number of para-hydroxylation sites is 4. The Morgan fingerprint density at radius 3 is 1.72 bits per heavy atom. The van der Waals surface area contributed by atoms with E-state index in [1.54, 1.807) is 58.3 Å². The minimum absolute atomic E-state index is 0.0438. The van der Waals surface area contributed by atoms with E-state index in [0.29, 0.717) is 22.7 Å². The van der Waals surface area contributed by atoms with Crippen molar-refractivity contribution in [2.75, 3.05) is 9.80 Å². The Labute approximate surface area is 357 Å². The number of benzene rings is 8. The highest BCUT2D eigenvalue weighted by molar-refractivity contribution is 6.30. The summed E-state index contributed by atoms with van der Waals surface area (Å²) in [5.41, 5.74) is 7.74. The van der Waals surface area contributed by atoms with Crippen molar-refractivity contribution in [3.05, 3.63) is 199 Å². The van der Waals surface area contributed by atoms with Gasteiger partial charge in [-0.15, -0.1) is 0 Å². The normalized spacial score (nSPS) is 16.3. The molecule has 280 valence electrons. The summed E-state index contributed by atoms with van der Waals surface area (Å²) in [6.07, 6.45) is 0. The lowest BCUT2D eigenvalue weighted by Crippen LogP contribution is -2.18. The summed E-state index contributed by atoms with van der Waals surface area (Å²) in [6.45, 7) is 10.9. The lowest BCUT2D eigenvalue weighted by molar-refractivity contribution is 0.588. The zero-order valence-corrected chi connectivity index (χ0v) is 32.7. The van der Waals surface area contributed by atoms with Crippen LogP contribution in [-0.4, -0.2) is 4.40 Å². The van der Waals surface area contributed by atoms with Gasteiger partial charge in [0.05, 0.1) is 38.9 Å². The molecule has 3 heteroatoms. The van der Waals surface area contributed by atoms with Gasteiger partial charge in [0, 0.05) is 61.0 Å². The predicted octanol–water partition coefficient (Wildman–Crippen LogP) is 15.4. The molecule has 0 saturated heterocycles. The fourth-order valence-corrected chi connectivity index (χ4v) is 9.30. The molecule has 10 aromatic rings. The fraction of sp³-hybridized carbons (Fsp3) is 0.127. The molecule has 3 nitrogen and oxygen atoms in total. The molecular formula is C55H45N3. The van der Waals surface area contributed by atoms with E-state index in [2.05, 4.69) is 57.2 Å². The Balaban J connectivity index is 1.36.